The first-order valence-corrected chi connectivity index (χ1v) is 6.14. The first-order chi connectivity index (χ1) is 8.36. The highest BCUT2D eigenvalue weighted by Gasteiger charge is 2.35. The zero-order valence-corrected chi connectivity index (χ0v) is 11.0. The number of nitrogens with one attached hydrogen (secondary N) is 1. The molecule has 1 saturated heterocycles. The van der Waals surface area contributed by atoms with Crippen LogP contribution in [0.5, 0.6) is 0 Å². The number of aliphatic carboxylic acids is 1. The first kappa shape index (κ1) is 14.5. The van der Waals surface area contributed by atoms with E-state index in [9.17, 15) is 14.4 Å². The monoisotopic (exact) mass is 256 g/mol. The zero-order valence-electron chi connectivity index (χ0n) is 11.0. The highest BCUT2D eigenvalue weighted by molar-refractivity contribution is 5.91. The van der Waals surface area contributed by atoms with Gasteiger partial charge in [-0.25, -0.2) is 4.79 Å². The molecule has 3 atom stereocenters. The predicted molar refractivity (Wildman–Crippen MR) is 64.8 cm³/mol. The van der Waals surface area contributed by atoms with Gasteiger partial charge in [-0.2, -0.15) is 0 Å². The minimum Gasteiger partial charge on any atom is -0.480 e. The van der Waals surface area contributed by atoms with E-state index in [0.29, 0.717) is 13.0 Å². The highest BCUT2D eigenvalue weighted by Crippen LogP contribution is 2.17. The number of carbonyl (C=O) groups excluding carboxylic acids is 2. The maximum atomic E-state index is 11.9. The molecule has 0 radical (unpaired) electrons. The van der Waals surface area contributed by atoms with E-state index in [-0.39, 0.29) is 24.2 Å². The Kier molecular flexibility index (Phi) is 4.69. The normalized spacial score (nSPS) is 22.7. The lowest BCUT2D eigenvalue weighted by molar-refractivity contribution is -0.143. The molecule has 6 nitrogen and oxygen atoms in total. The molecule has 18 heavy (non-hydrogen) atoms. The van der Waals surface area contributed by atoms with Crippen LogP contribution in [0.3, 0.4) is 0 Å². The summed E-state index contributed by atoms with van der Waals surface area (Å²) < 4.78 is 0. The number of hydrogen-bond acceptors (Lipinski definition) is 3. The van der Waals surface area contributed by atoms with Crippen LogP contribution in [0.4, 0.5) is 0 Å². The Morgan fingerprint density at radius 1 is 1.56 bits per heavy atom. The van der Waals surface area contributed by atoms with Gasteiger partial charge >= 0.3 is 5.97 Å². The molecule has 2 N–H and O–H groups in total. The minimum atomic E-state index is -1.03. The summed E-state index contributed by atoms with van der Waals surface area (Å²) in [5, 5.41) is 11.6. The largest absolute Gasteiger partial charge is 0.480 e. The van der Waals surface area contributed by atoms with Gasteiger partial charge in [0.1, 0.15) is 6.04 Å². The average molecular weight is 256 g/mol. The van der Waals surface area contributed by atoms with Crippen molar-refractivity contribution >= 4 is 17.8 Å². The molecule has 1 rings (SSSR count). The van der Waals surface area contributed by atoms with Crippen LogP contribution in [-0.4, -0.2) is 47.4 Å². The quantitative estimate of drug-likeness (QED) is 0.729. The zero-order chi connectivity index (χ0) is 13.9. The van der Waals surface area contributed by atoms with E-state index >= 15 is 0 Å². The van der Waals surface area contributed by atoms with Crippen molar-refractivity contribution in [2.45, 2.75) is 32.7 Å². The third-order valence-corrected chi connectivity index (χ3v) is 3.49. The molecule has 0 aromatic rings. The molecule has 0 aliphatic carbocycles. The van der Waals surface area contributed by atoms with Crippen LogP contribution >= 0.6 is 0 Å². The van der Waals surface area contributed by atoms with Crippen LogP contribution in [0.25, 0.3) is 0 Å². The van der Waals surface area contributed by atoms with Gasteiger partial charge in [0.05, 0.1) is 5.92 Å². The standard InChI is InChI=1S/C12H20N2O4/c1-4-7(2)10(12(17)18)13-11(16)8-5-9(15)14(3)6-8/h7-8,10H,4-6H2,1-3H3,(H,13,16)(H,17,18)/t7?,8?,10-/m0/s1. The predicted octanol–water partition coefficient (Wildman–Crippen LogP) is 0.0802. The third kappa shape index (κ3) is 3.21. The molecule has 0 aromatic heterocycles. The number of carboxylic acids is 1. The second kappa shape index (κ2) is 5.84. The van der Waals surface area contributed by atoms with Gasteiger partial charge in [0.2, 0.25) is 11.8 Å². The summed E-state index contributed by atoms with van der Waals surface area (Å²) in [6.45, 7) is 4.02. The van der Waals surface area contributed by atoms with E-state index in [4.69, 9.17) is 5.11 Å². The summed E-state index contributed by atoms with van der Waals surface area (Å²) in [7, 11) is 1.64. The van der Waals surface area contributed by atoms with E-state index < -0.39 is 17.9 Å². The number of hydrogen-bond donors (Lipinski definition) is 2. The summed E-state index contributed by atoms with van der Waals surface area (Å²) >= 11 is 0. The molecule has 0 aromatic carbocycles. The Morgan fingerprint density at radius 2 is 2.17 bits per heavy atom. The second-order valence-electron chi connectivity index (χ2n) is 4.89. The topological polar surface area (TPSA) is 86.7 Å². The summed E-state index contributed by atoms with van der Waals surface area (Å²) in [4.78, 5) is 35.8. The van der Waals surface area contributed by atoms with Gasteiger partial charge in [-0.05, 0) is 5.92 Å². The minimum absolute atomic E-state index is 0.0782. The number of amides is 2. The smallest absolute Gasteiger partial charge is 0.326 e. The van der Waals surface area contributed by atoms with E-state index in [0.717, 1.165) is 0 Å². The molecule has 1 aliphatic rings. The van der Waals surface area contributed by atoms with Crippen LogP contribution in [-0.2, 0) is 14.4 Å². The van der Waals surface area contributed by atoms with Gasteiger partial charge in [0.25, 0.3) is 0 Å². The van der Waals surface area contributed by atoms with Crippen LogP contribution < -0.4 is 5.32 Å². The van der Waals surface area contributed by atoms with Crippen molar-refractivity contribution in [2.75, 3.05) is 13.6 Å². The average Bonchev–Trinajstić information content (AvgIpc) is 2.65. The van der Waals surface area contributed by atoms with E-state index in [1.165, 1.54) is 4.90 Å². The third-order valence-electron chi connectivity index (χ3n) is 3.49. The molecule has 1 aliphatic heterocycles. The summed E-state index contributed by atoms with van der Waals surface area (Å²) in [6.07, 6.45) is 0.829. The number of likely N-dealkylation sites (tertiary alicyclic amines) is 1. The fourth-order valence-corrected chi connectivity index (χ4v) is 1.99. The lowest BCUT2D eigenvalue weighted by atomic mass is 9.98. The van der Waals surface area contributed by atoms with Gasteiger partial charge in [-0.1, -0.05) is 20.3 Å². The van der Waals surface area contributed by atoms with Crippen LogP contribution in [0.15, 0.2) is 0 Å². The molecule has 0 spiro atoms. The van der Waals surface area contributed by atoms with Gasteiger partial charge in [0, 0.05) is 20.0 Å². The molecule has 102 valence electrons. The fourth-order valence-electron chi connectivity index (χ4n) is 1.99. The van der Waals surface area contributed by atoms with Crippen molar-refractivity contribution in [1.29, 1.82) is 0 Å². The molecule has 1 fully saturated rings. The molecule has 0 saturated carbocycles. The highest BCUT2D eigenvalue weighted by atomic mass is 16.4. The van der Waals surface area contributed by atoms with Crippen LogP contribution in [0.1, 0.15) is 26.7 Å². The first-order valence-electron chi connectivity index (χ1n) is 6.14. The van der Waals surface area contributed by atoms with Crippen molar-refractivity contribution in [3.05, 3.63) is 0 Å². The Morgan fingerprint density at radius 3 is 2.56 bits per heavy atom. The Bertz CT molecular complexity index is 356. The second-order valence-corrected chi connectivity index (χ2v) is 4.89. The molecular formula is C12H20N2O4. The molecule has 2 amide bonds. The Labute approximate surface area is 106 Å². The lowest BCUT2D eigenvalue weighted by Gasteiger charge is -2.21. The van der Waals surface area contributed by atoms with Gasteiger partial charge < -0.3 is 15.3 Å². The summed E-state index contributed by atoms with van der Waals surface area (Å²) in [5.41, 5.74) is 0. The number of carbonyl (C=O) groups is 3. The summed E-state index contributed by atoms with van der Waals surface area (Å²) in [6, 6.07) is -0.886. The van der Waals surface area contributed by atoms with Crippen LogP contribution in [0.2, 0.25) is 0 Å². The number of carboxylic acid groups (broad SMARTS) is 1. The maximum Gasteiger partial charge on any atom is 0.326 e. The number of nitrogens with zero attached hydrogens (tertiary/aromatic N) is 1. The van der Waals surface area contributed by atoms with Crippen molar-refractivity contribution < 1.29 is 19.5 Å². The van der Waals surface area contributed by atoms with E-state index in [1.807, 2.05) is 6.92 Å². The Hall–Kier alpha value is -1.59. The molecular weight excluding hydrogens is 236 g/mol. The SMILES string of the molecule is CCC(C)[C@H](NC(=O)C1CC(=O)N(C)C1)C(=O)O. The van der Waals surface area contributed by atoms with Gasteiger partial charge in [-0.15, -0.1) is 0 Å². The number of rotatable bonds is 5. The van der Waals surface area contributed by atoms with Gasteiger partial charge in [-0.3, -0.25) is 9.59 Å². The van der Waals surface area contributed by atoms with Crippen molar-refractivity contribution in [2.24, 2.45) is 11.8 Å². The lowest BCUT2D eigenvalue weighted by Crippen LogP contribution is -2.47. The van der Waals surface area contributed by atoms with Crippen molar-refractivity contribution in [1.82, 2.24) is 10.2 Å². The molecule has 2 unspecified atom stereocenters. The van der Waals surface area contributed by atoms with E-state index in [2.05, 4.69) is 5.32 Å². The van der Waals surface area contributed by atoms with Crippen molar-refractivity contribution in [3.63, 3.8) is 0 Å². The van der Waals surface area contributed by atoms with E-state index in [1.54, 1.807) is 14.0 Å². The molecule has 6 heteroatoms. The van der Waals surface area contributed by atoms with Crippen molar-refractivity contribution in [3.8, 4) is 0 Å². The molecule has 1 heterocycles. The fraction of sp³-hybridized carbons (Fsp3) is 0.750. The van der Waals surface area contributed by atoms with Crippen LogP contribution in [0, 0.1) is 11.8 Å². The maximum absolute atomic E-state index is 11.9. The molecule has 0 bridgehead atoms. The summed E-state index contributed by atoms with van der Waals surface area (Å²) in [5.74, 6) is -2.03. The van der Waals surface area contributed by atoms with Gasteiger partial charge in [0.15, 0.2) is 0 Å². The Balaban J connectivity index is 2.62.